The fourth-order valence-electron chi connectivity index (χ4n) is 1.76. The van der Waals surface area contributed by atoms with E-state index in [1.165, 1.54) is 30.3 Å². The molecule has 0 N–H and O–H groups in total. The Morgan fingerprint density at radius 2 is 1.78 bits per heavy atom. The molecule has 6 heteroatoms. The maximum Gasteiger partial charge on any atom is 0.375 e. The largest absolute Gasteiger partial charge is 0.421 e. The van der Waals surface area contributed by atoms with E-state index in [0.29, 0.717) is 11.1 Å². The van der Waals surface area contributed by atoms with E-state index in [4.69, 9.17) is 5.26 Å². The van der Waals surface area contributed by atoms with E-state index in [0.717, 1.165) is 12.1 Å². The van der Waals surface area contributed by atoms with Gasteiger partial charge >= 0.3 is 5.97 Å². The van der Waals surface area contributed by atoms with Crippen LogP contribution in [0.4, 0.5) is 13.2 Å². The van der Waals surface area contributed by atoms with E-state index in [9.17, 15) is 18.0 Å². The Kier molecular flexibility index (Phi) is 4.82. The van der Waals surface area contributed by atoms with Crippen molar-refractivity contribution in [3.05, 3.63) is 70.8 Å². The monoisotopic (exact) mass is 317 g/mol. The molecule has 2 rings (SSSR count). The highest BCUT2D eigenvalue weighted by molar-refractivity contribution is 5.95. The Balaban J connectivity index is 2.24. The van der Waals surface area contributed by atoms with Crippen molar-refractivity contribution in [1.82, 2.24) is 0 Å². The van der Waals surface area contributed by atoms with Crippen LogP contribution in [0.15, 0.2) is 48.3 Å². The maximum absolute atomic E-state index is 13.9. The van der Waals surface area contributed by atoms with Crippen molar-refractivity contribution in [2.24, 2.45) is 0 Å². The Morgan fingerprint density at radius 3 is 2.35 bits per heavy atom. The highest BCUT2D eigenvalue weighted by Gasteiger charge is 2.21. The van der Waals surface area contributed by atoms with Crippen LogP contribution in [-0.2, 0) is 4.79 Å². The molecule has 0 heterocycles. The number of aryl methyl sites for hydroxylation is 1. The van der Waals surface area contributed by atoms with Gasteiger partial charge in [-0.15, -0.1) is 0 Å². The smallest absolute Gasteiger partial charge is 0.375 e. The van der Waals surface area contributed by atoms with Crippen LogP contribution >= 0.6 is 0 Å². The van der Waals surface area contributed by atoms with Crippen molar-refractivity contribution in [2.45, 2.75) is 6.92 Å². The molecule has 0 atom stereocenters. The van der Waals surface area contributed by atoms with Crippen molar-refractivity contribution >= 4 is 11.8 Å². The Bertz CT molecular complexity index is 821. The molecule has 0 radical (unpaired) electrons. The number of carbonyl (C=O) groups is 1. The number of rotatable bonds is 3. The van der Waals surface area contributed by atoms with Gasteiger partial charge in [0.1, 0.15) is 11.6 Å². The van der Waals surface area contributed by atoms with Gasteiger partial charge < -0.3 is 4.74 Å². The van der Waals surface area contributed by atoms with Gasteiger partial charge in [-0.2, -0.15) is 9.65 Å². The third kappa shape index (κ3) is 3.77. The van der Waals surface area contributed by atoms with Crippen molar-refractivity contribution in [3.63, 3.8) is 0 Å². The third-order valence-corrected chi connectivity index (χ3v) is 2.93. The van der Waals surface area contributed by atoms with E-state index < -0.39 is 29.0 Å². The van der Waals surface area contributed by atoms with Crippen LogP contribution in [0.2, 0.25) is 0 Å². The minimum absolute atomic E-state index is 0.0682. The summed E-state index contributed by atoms with van der Waals surface area (Å²) in [6.45, 7) is 1.59. The maximum atomic E-state index is 13.9. The summed E-state index contributed by atoms with van der Waals surface area (Å²) in [5.41, 5.74) is 0.179. The van der Waals surface area contributed by atoms with Crippen molar-refractivity contribution in [3.8, 4) is 11.8 Å². The topological polar surface area (TPSA) is 50.1 Å². The summed E-state index contributed by atoms with van der Waals surface area (Å²) in [5.74, 6) is -6.12. The number of hydrogen-bond donors (Lipinski definition) is 0. The average Bonchev–Trinajstić information content (AvgIpc) is 2.54. The fourth-order valence-corrected chi connectivity index (χ4v) is 1.76. The summed E-state index contributed by atoms with van der Waals surface area (Å²) >= 11 is 0. The van der Waals surface area contributed by atoms with Gasteiger partial charge in [-0.1, -0.05) is 6.07 Å². The fraction of sp³-hybridized carbons (Fsp3) is 0.0588. The Labute approximate surface area is 130 Å². The number of nitrogens with zero attached hydrogens (tertiary/aromatic N) is 1. The molecule has 0 saturated carbocycles. The van der Waals surface area contributed by atoms with E-state index >= 15 is 0 Å². The molecule has 0 bridgehead atoms. The zero-order chi connectivity index (χ0) is 17.0. The minimum Gasteiger partial charge on any atom is -0.421 e. The quantitative estimate of drug-likeness (QED) is 0.484. The zero-order valence-electron chi connectivity index (χ0n) is 11.9. The second-order valence-corrected chi connectivity index (χ2v) is 4.64. The molecule has 0 aliphatic rings. The Hall–Kier alpha value is -3.07. The standard InChI is InChI=1S/C17H10F3NO2/c1-10-2-7-13(14(18)8-10)15(19)16(20)17(22)23-12-5-3-11(9-21)4-6-12/h2-8H,1H3/b16-15+. The second-order valence-electron chi connectivity index (χ2n) is 4.64. The molecule has 0 spiro atoms. The molecule has 3 nitrogen and oxygen atoms in total. The van der Waals surface area contributed by atoms with Crippen LogP contribution in [0.5, 0.6) is 5.75 Å². The van der Waals surface area contributed by atoms with Crippen molar-refractivity contribution < 1.29 is 22.7 Å². The molecular weight excluding hydrogens is 307 g/mol. The van der Waals surface area contributed by atoms with E-state index in [1.807, 2.05) is 6.07 Å². The summed E-state index contributed by atoms with van der Waals surface area (Å²) in [4.78, 5) is 11.6. The molecular formula is C17H10F3NO2. The van der Waals surface area contributed by atoms with Gasteiger partial charge in [-0.3, -0.25) is 0 Å². The lowest BCUT2D eigenvalue weighted by molar-refractivity contribution is -0.131. The Morgan fingerprint density at radius 1 is 1.13 bits per heavy atom. The number of benzene rings is 2. The van der Waals surface area contributed by atoms with Gasteiger partial charge in [0.2, 0.25) is 5.83 Å². The molecule has 0 fully saturated rings. The number of halogens is 3. The minimum atomic E-state index is -1.84. The normalized spacial score (nSPS) is 11.4. The van der Waals surface area contributed by atoms with Crippen LogP contribution < -0.4 is 4.74 Å². The average molecular weight is 317 g/mol. The summed E-state index contributed by atoms with van der Waals surface area (Å²) in [6, 6.07) is 10.5. The molecule has 0 aliphatic carbocycles. The zero-order valence-corrected chi connectivity index (χ0v) is 11.9. The lowest BCUT2D eigenvalue weighted by Crippen LogP contribution is -2.10. The first-order chi connectivity index (χ1) is 10.9. The second kappa shape index (κ2) is 6.79. The molecule has 0 unspecified atom stereocenters. The highest BCUT2D eigenvalue weighted by atomic mass is 19.2. The molecule has 0 aliphatic heterocycles. The van der Waals surface area contributed by atoms with Gasteiger partial charge in [0.25, 0.3) is 0 Å². The summed E-state index contributed by atoms with van der Waals surface area (Å²) < 4.78 is 46.0. The SMILES string of the molecule is Cc1ccc(/C(F)=C(\F)C(=O)Oc2ccc(C#N)cc2)c(F)c1. The summed E-state index contributed by atoms with van der Waals surface area (Å²) in [6.07, 6.45) is 0. The third-order valence-electron chi connectivity index (χ3n) is 2.93. The van der Waals surface area contributed by atoms with Gasteiger partial charge in [0.05, 0.1) is 11.6 Å². The first-order valence-electron chi connectivity index (χ1n) is 6.46. The highest BCUT2D eigenvalue weighted by Crippen LogP contribution is 2.26. The van der Waals surface area contributed by atoms with Gasteiger partial charge in [-0.25, -0.2) is 13.6 Å². The van der Waals surface area contributed by atoms with Crippen molar-refractivity contribution in [2.75, 3.05) is 0 Å². The molecule has 23 heavy (non-hydrogen) atoms. The lowest BCUT2D eigenvalue weighted by Gasteiger charge is -2.05. The molecule has 2 aromatic rings. The van der Waals surface area contributed by atoms with Gasteiger partial charge in [0, 0.05) is 5.56 Å². The van der Waals surface area contributed by atoms with E-state index in [-0.39, 0.29) is 5.75 Å². The first kappa shape index (κ1) is 16.3. The number of hydrogen-bond acceptors (Lipinski definition) is 3. The molecule has 0 saturated heterocycles. The predicted molar refractivity (Wildman–Crippen MR) is 77.1 cm³/mol. The predicted octanol–water partition coefficient (Wildman–Crippen LogP) is 4.22. The van der Waals surface area contributed by atoms with Crippen molar-refractivity contribution in [1.29, 1.82) is 5.26 Å². The van der Waals surface area contributed by atoms with Crippen LogP contribution in [-0.4, -0.2) is 5.97 Å². The number of ether oxygens (including phenoxy) is 1. The molecule has 0 aromatic heterocycles. The lowest BCUT2D eigenvalue weighted by atomic mass is 10.1. The van der Waals surface area contributed by atoms with Crippen LogP contribution in [0.3, 0.4) is 0 Å². The molecule has 2 aromatic carbocycles. The number of nitriles is 1. The first-order valence-corrected chi connectivity index (χ1v) is 6.46. The summed E-state index contributed by atoms with van der Waals surface area (Å²) in [7, 11) is 0. The molecule has 116 valence electrons. The number of carbonyl (C=O) groups excluding carboxylic acids is 1. The van der Waals surface area contributed by atoms with Gasteiger partial charge in [0.15, 0.2) is 5.83 Å². The molecule has 0 amide bonds. The van der Waals surface area contributed by atoms with Crippen LogP contribution in [0, 0.1) is 24.1 Å². The number of esters is 1. The summed E-state index contributed by atoms with van der Waals surface area (Å²) in [5, 5.41) is 8.63. The van der Waals surface area contributed by atoms with E-state index in [1.54, 1.807) is 6.92 Å². The van der Waals surface area contributed by atoms with E-state index in [2.05, 4.69) is 4.74 Å². The van der Waals surface area contributed by atoms with Crippen LogP contribution in [0.25, 0.3) is 5.83 Å². The van der Waals surface area contributed by atoms with Crippen LogP contribution in [0.1, 0.15) is 16.7 Å². The van der Waals surface area contributed by atoms with Gasteiger partial charge in [-0.05, 0) is 48.9 Å².